The summed E-state index contributed by atoms with van der Waals surface area (Å²) in [5.41, 5.74) is 0.576. The number of rotatable bonds is 8. The second-order valence-corrected chi connectivity index (χ2v) is 7.81. The summed E-state index contributed by atoms with van der Waals surface area (Å²) in [6.07, 6.45) is 2.36. The molecule has 0 bridgehead atoms. The van der Waals surface area contributed by atoms with Gasteiger partial charge in [0.05, 0.1) is 4.90 Å². The monoisotopic (exact) mass is 381 g/mol. The Morgan fingerprint density at radius 3 is 2.62 bits per heavy atom. The van der Waals surface area contributed by atoms with Gasteiger partial charge in [0.25, 0.3) is 10.0 Å². The number of carbonyl (C=O) groups excluding carboxylic acids is 1. The number of nitrogens with zero attached hydrogens (tertiary/aromatic N) is 2. The fraction of sp³-hybridized carbons (Fsp3) is 0.471. The number of benzene rings is 1. The summed E-state index contributed by atoms with van der Waals surface area (Å²) in [7, 11) is -2.03. The third-order valence-corrected chi connectivity index (χ3v) is 5.71. The van der Waals surface area contributed by atoms with Crippen LogP contribution in [0.15, 0.2) is 34.2 Å². The molecule has 1 atom stereocenters. The molecule has 1 aliphatic heterocycles. The lowest BCUT2D eigenvalue weighted by atomic mass is 10.1. The van der Waals surface area contributed by atoms with Crippen LogP contribution in [-0.2, 0) is 19.6 Å². The van der Waals surface area contributed by atoms with Gasteiger partial charge in [0, 0.05) is 25.6 Å². The average molecular weight is 381 g/mol. The van der Waals surface area contributed by atoms with Gasteiger partial charge in [-0.15, -0.1) is 0 Å². The summed E-state index contributed by atoms with van der Waals surface area (Å²) in [6.45, 7) is 1.92. The molecule has 9 heteroatoms. The topological polar surface area (TPSA) is 116 Å². The van der Waals surface area contributed by atoms with Gasteiger partial charge in [-0.1, -0.05) is 18.6 Å². The molecule has 1 unspecified atom stereocenters. The van der Waals surface area contributed by atoms with E-state index in [0.29, 0.717) is 30.8 Å². The molecule has 2 rings (SSSR count). The van der Waals surface area contributed by atoms with E-state index in [-0.39, 0.29) is 17.2 Å². The first-order valence-electron chi connectivity index (χ1n) is 8.39. The number of hydrogen-bond acceptors (Lipinski definition) is 5. The van der Waals surface area contributed by atoms with Crippen LogP contribution >= 0.6 is 0 Å². The fourth-order valence-electron chi connectivity index (χ4n) is 2.56. The molecule has 8 nitrogen and oxygen atoms in total. The number of nitrogens with one attached hydrogen (secondary N) is 1. The van der Waals surface area contributed by atoms with E-state index in [9.17, 15) is 18.0 Å². The van der Waals surface area contributed by atoms with Gasteiger partial charge in [0.1, 0.15) is 11.9 Å². The molecule has 0 spiro atoms. The van der Waals surface area contributed by atoms with Crippen LogP contribution in [0, 0.1) is 0 Å². The lowest BCUT2D eigenvalue weighted by Gasteiger charge is -2.21. The van der Waals surface area contributed by atoms with Gasteiger partial charge >= 0.3 is 5.97 Å². The summed E-state index contributed by atoms with van der Waals surface area (Å²) >= 11 is 0. The zero-order valence-electron chi connectivity index (χ0n) is 14.8. The van der Waals surface area contributed by atoms with Crippen LogP contribution in [0.4, 0.5) is 0 Å². The van der Waals surface area contributed by atoms with E-state index in [1.54, 1.807) is 24.3 Å². The Morgan fingerprint density at radius 2 is 1.92 bits per heavy atom. The Labute approximate surface area is 153 Å². The summed E-state index contributed by atoms with van der Waals surface area (Å²) in [5, 5.41) is 8.90. The van der Waals surface area contributed by atoms with Crippen LogP contribution in [0.3, 0.4) is 0 Å². The molecule has 1 heterocycles. The lowest BCUT2D eigenvalue weighted by Crippen LogP contribution is -2.40. The number of carboxylic acids is 1. The predicted molar refractivity (Wildman–Crippen MR) is 96.5 cm³/mol. The van der Waals surface area contributed by atoms with Gasteiger partial charge in [0.2, 0.25) is 5.91 Å². The van der Waals surface area contributed by atoms with Crippen LogP contribution < -0.4 is 4.72 Å². The molecule has 0 saturated heterocycles. The van der Waals surface area contributed by atoms with Crippen molar-refractivity contribution in [3.8, 4) is 0 Å². The molecule has 2 N–H and O–H groups in total. The van der Waals surface area contributed by atoms with Gasteiger partial charge in [-0.05, 0) is 31.9 Å². The first-order valence-corrected chi connectivity index (χ1v) is 9.87. The first-order chi connectivity index (χ1) is 12.2. The number of carboxylic acid groups (broad SMARTS) is 1. The van der Waals surface area contributed by atoms with Crippen molar-refractivity contribution in [2.45, 2.75) is 43.5 Å². The maximum Gasteiger partial charge on any atom is 0.326 e. The molecule has 1 aromatic carbocycles. The molecule has 142 valence electrons. The number of fused-ring (bicyclic) bond motifs is 1. The van der Waals surface area contributed by atoms with E-state index in [2.05, 4.69) is 9.71 Å². The highest BCUT2D eigenvalue weighted by molar-refractivity contribution is 7.90. The molecule has 0 fully saturated rings. The zero-order chi connectivity index (χ0) is 19.3. The van der Waals surface area contributed by atoms with E-state index in [0.717, 1.165) is 6.42 Å². The molecule has 0 aliphatic carbocycles. The molecule has 0 aromatic heterocycles. The maximum absolute atomic E-state index is 12.0. The van der Waals surface area contributed by atoms with Crippen molar-refractivity contribution in [3.63, 3.8) is 0 Å². The first kappa shape index (κ1) is 19.9. The second-order valence-electron chi connectivity index (χ2n) is 6.16. The number of likely N-dealkylation sites (N-methyl/N-ethyl adjacent to an activating group) is 1. The predicted octanol–water partition coefficient (Wildman–Crippen LogP) is 1.22. The van der Waals surface area contributed by atoms with Crippen LogP contribution in [0.25, 0.3) is 0 Å². The molecule has 0 saturated carbocycles. The number of unbranched alkanes of at least 4 members (excludes halogenated alkanes) is 2. The Kier molecular flexibility index (Phi) is 6.36. The largest absolute Gasteiger partial charge is 0.480 e. The van der Waals surface area contributed by atoms with E-state index < -0.39 is 22.0 Å². The Hall–Kier alpha value is -2.42. The van der Waals surface area contributed by atoms with Crippen molar-refractivity contribution in [1.82, 2.24) is 9.62 Å². The lowest BCUT2D eigenvalue weighted by molar-refractivity contribution is -0.148. The number of hydrogen-bond donors (Lipinski definition) is 2. The quantitative estimate of drug-likeness (QED) is 0.657. The van der Waals surface area contributed by atoms with Crippen LogP contribution in [0.5, 0.6) is 0 Å². The van der Waals surface area contributed by atoms with Crippen LogP contribution in [0.1, 0.15) is 38.2 Å². The van der Waals surface area contributed by atoms with Gasteiger partial charge in [0.15, 0.2) is 0 Å². The Balaban J connectivity index is 1.77. The summed E-state index contributed by atoms with van der Waals surface area (Å²) in [6, 6.07) is 5.84. The highest BCUT2D eigenvalue weighted by atomic mass is 32.2. The number of amides is 1. The van der Waals surface area contributed by atoms with Crippen molar-refractivity contribution in [3.05, 3.63) is 29.8 Å². The molecule has 1 amide bonds. The number of aliphatic imine (C=N–C) groups is 1. The third kappa shape index (κ3) is 4.60. The molecule has 1 aromatic rings. The highest BCUT2D eigenvalue weighted by Crippen LogP contribution is 2.22. The SMILES string of the molecule is CC(C(=O)O)N(C)C(=O)CCCCCN=C1NS(=O)(=O)c2ccccc21. The highest BCUT2D eigenvalue weighted by Gasteiger charge is 2.29. The number of sulfonamides is 1. The van der Waals surface area contributed by atoms with Gasteiger partial charge in [-0.25, -0.2) is 13.2 Å². The summed E-state index contributed by atoms with van der Waals surface area (Å²) in [4.78, 5) is 28.5. The smallest absolute Gasteiger partial charge is 0.326 e. The van der Waals surface area contributed by atoms with E-state index in [1.165, 1.54) is 18.9 Å². The standard InChI is InChI=1S/C17H23N3O5S/c1-12(17(22)23)20(2)15(21)10-4-3-7-11-18-16-13-8-5-6-9-14(13)26(24,25)19-16/h5-6,8-9,12H,3-4,7,10-11H2,1-2H3,(H,18,19)(H,22,23). The average Bonchev–Trinajstić information content (AvgIpc) is 2.87. The van der Waals surface area contributed by atoms with Crippen LogP contribution in [0.2, 0.25) is 0 Å². The molecular formula is C17H23N3O5S. The van der Waals surface area contributed by atoms with Gasteiger partial charge in [-0.2, -0.15) is 0 Å². The van der Waals surface area contributed by atoms with E-state index >= 15 is 0 Å². The van der Waals surface area contributed by atoms with Crippen molar-refractivity contribution in [1.29, 1.82) is 0 Å². The molecular weight excluding hydrogens is 358 g/mol. The fourth-order valence-corrected chi connectivity index (χ4v) is 3.82. The normalized spacial score (nSPS) is 17.4. The van der Waals surface area contributed by atoms with Crippen LogP contribution in [-0.4, -0.2) is 55.8 Å². The molecule has 26 heavy (non-hydrogen) atoms. The zero-order valence-corrected chi connectivity index (χ0v) is 15.6. The summed E-state index contributed by atoms with van der Waals surface area (Å²) in [5.74, 6) is -0.883. The minimum atomic E-state index is -3.52. The van der Waals surface area contributed by atoms with Gasteiger partial charge < -0.3 is 10.0 Å². The molecule has 0 radical (unpaired) electrons. The maximum atomic E-state index is 12.0. The van der Waals surface area contributed by atoms with E-state index in [1.807, 2.05) is 0 Å². The second kappa shape index (κ2) is 8.31. The van der Waals surface area contributed by atoms with Crippen molar-refractivity contribution in [2.24, 2.45) is 4.99 Å². The van der Waals surface area contributed by atoms with Gasteiger partial charge in [-0.3, -0.25) is 14.5 Å². The van der Waals surface area contributed by atoms with Crippen molar-refractivity contribution < 1.29 is 23.1 Å². The van der Waals surface area contributed by atoms with Crippen molar-refractivity contribution >= 4 is 27.7 Å². The number of carbonyl (C=O) groups is 2. The van der Waals surface area contributed by atoms with E-state index in [4.69, 9.17) is 5.11 Å². The third-order valence-electron chi connectivity index (χ3n) is 4.31. The Morgan fingerprint density at radius 1 is 1.23 bits per heavy atom. The molecule has 1 aliphatic rings. The summed E-state index contributed by atoms with van der Waals surface area (Å²) < 4.78 is 26.4. The Bertz CT molecular complexity index is 819. The minimum absolute atomic E-state index is 0.205. The number of amidine groups is 1. The minimum Gasteiger partial charge on any atom is -0.480 e. The van der Waals surface area contributed by atoms with Crippen molar-refractivity contribution in [2.75, 3.05) is 13.6 Å². The number of aliphatic carboxylic acids is 1.